The van der Waals surface area contributed by atoms with Crippen LogP contribution in [0.25, 0.3) is 0 Å². The van der Waals surface area contributed by atoms with E-state index >= 15 is 0 Å². The number of hydrogen-bond acceptors (Lipinski definition) is 6. The SMILES string of the molecule is O=C(CC1(O)CCC1)N1CCc2ncnc(N3CCOCC3)c2CC1. The maximum Gasteiger partial charge on any atom is 0.225 e. The van der Waals surface area contributed by atoms with Crippen LogP contribution in [0, 0.1) is 0 Å². The molecule has 0 spiro atoms. The van der Waals surface area contributed by atoms with Crippen molar-refractivity contribution in [3.63, 3.8) is 0 Å². The molecule has 4 rings (SSSR count). The summed E-state index contributed by atoms with van der Waals surface area (Å²) < 4.78 is 5.44. The molecule has 25 heavy (non-hydrogen) atoms. The van der Waals surface area contributed by atoms with Crippen molar-refractivity contribution < 1.29 is 14.6 Å². The first-order chi connectivity index (χ1) is 12.1. The van der Waals surface area contributed by atoms with Crippen LogP contribution in [0.3, 0.4) is 0 Å². The average Bonchev–Trinajstić information content (AvgIpc) is 2.83. The van der Waals surface area contributed by atoms with Crippen molar-refractivity contribution in [3.8, 4) is 0 Å². The summed E-state index contributed by atoms with van der Waals surface area (Å²) in [6.45, 7) is 4.48. The number of ether oxygens (including phenoxy) is 1. The molecule has 7 heteroatoms. The third-order valence-electron chi connectivity index (χ3n) is 5.69. The van der Waals surface area contributed by atoms with E-state index in [0.29, 0.717) is 13.1 Å². The van der Waals surface area contributed by atoms with E-state index in [1.54, 1.807) is 6.33 Å². The van der Waals surface area contributed by atoms with Gasteiger partial charge in [0.05, 0.1) is 30.9 Å². The summed E-state index contributed by atoms with van der Waals surface area (Å²) in [5.74, 6) is 1.07. The van der Waals surface area contributed by atoms with E-state index in [-0.39, 0.29) is 12.3 Å². The molecule has 136 valence electrons. The van der Waals surface area contributed by atoms with E-state index in [0.717, 1.165) is 69.9 Å². The lowest BCUT2D eigenvalue weighted by molar-refractivity contribution is -0.140. The zero-order valence-corrected chi connectivity index (χ0v) is 14.6. The molecule has 7 nitrogen and oxygen atoms in total. The van der Waals surface area contributed by atoms with Gasteiger partial charge in [-0.3, -0.25) is 4.79 Å². The zero-order chi connectivity index (χ0) is 17.3. The summed E-state index contributed by atoms with van der Waals surface area (Å²) >= 11 is 0. The zero-order valence-electron chi connectivity index (χ0n) is 14.6. The molecular weight excluding hydrogens is 320 g/mol. The Morgan fingerprint density at radius 1 is 1.16 bits per heavy atom. The Morgan fingerprint density at radius 2 is 1.92 bits per heavy atom. The molecular formula is C18H26N4O3. The number of morpholine rings is 1. The molecule has 3 aliphatic rings. The second-order valence-corrected chi connectivity index (χ2v) is 7.36. The first-order valence-electron chi connectivity index (χ1n) is 9.30. The fraction of sp³-hybridized carbons (Fsp3) is 0.722. The first kappa shape index (κ1) is 16.7. The van der Waals surface area contributed by atoms with Crippen LogP contribution in [0.5, 0.6) is 0 Å². The summed E-state index contributed by atoms with van der Waals surface area (Å²) in [5.41, 5.74) is 1.46. The second kappa shape index (κ2) is 6.88. The second-order valence-electron chi connectivity index (χ2n) is 7.36. The number of nitrogens with zero attached hydrogens (tertiary/aromatic N) is 4. The number of fused-ring (bicyclic) bond motifs is 1. The molecule has 1 saturated heterocycles. The van der Waals surface area contributed by atoms with Crippen molar-refractivity contribution in [2.75, 3.05) is 44.3 Å². The van der Waals surface area contributed by atoms with E-state index in [9.17, 15) is 9.90 Å². The minimum absolute atomic E-state index is 0.0656. The van der Waals surface area contributed by atoms with Crippen LogP contribution in [-0.2, 0) is 22.4 Å². The van der Waals surface area contributed by atoms with Crippen LogP contribution in [0.1, 0.15) is 36.9 Å². The molecule has 1 saturated carbocycles. The number of carbonyl (C=O) groups is 1. The predicted molar refractivity (Wildman–Crippen MR) is 92.5 cm³/mol. The molecule has 2 fully saturated rings. The van der Waals surface area contributed by atoms with Gasteiger partial charge < -0.3 is 19.6 Å². The Bertz CT molecular complexity index is 641. The lowest BCUT2D eigenvalue weighted by atomic mass is 9.77. The summed E-state index contributed by atoms with van der Waals surface area (Å²) in [4.78, 5) is 25.8. The first-order valence-corrected chi connectivity index (χ1v) is 9.30. The Labute approximate surface area is 148 Å². The van der Waals surface area contributed by atoms with Gasteiger partial charge in [-0.1, -0.05) is 0 Å². The highest BCUT2D eigenvalue weighted by atomic mass is 16.5. The van der Waals surface area contributed by atoms with Gasteiger partial charge >= 0.3 is 0 Å². The number of hydrogen-bond donors (Lipinski definition) is 1. The average molecular weight is 346 g/mol. The van der Waals surface area contributed by atoms with Crippen LogP contribution < -0.4 is 4.90 Å². The molecule has 1 amide bonds. The van der Waals surface area contributed by atoms with E-state index in [4.69, 9.17) is 4.74 Å². The highest BCUT2D eigenvalue weighted by Gasteiger charge is 2.38. The van der Waals surface area contributed by atoms with Crippen LogP contribution in [0.4, 0.5) is 5.82 Å². The third-order valence-corrected chi connectivity index (χ3v) is 5.69. The lowest BCUT2D eigenvalue weighted by Gasteiger charge is -2.37. The normalized spacial score (nSPS) is 22.8. The highest BCUT2D eigenvalue weighted by molar-refractivity contribution is 5.77. The maximum atomic E-state index is 12.6. The molecule has 3 heterocycles. The van der Waals surface area contributed by atoms with Gasteiger partial charge in [-0.2, -0.15) is 0 Å². The minimum atomic E-state index is -0.755. The number of aromatic nitrogens is 2. The molecule has 1 aromatic rings. The monoisotopic (exact) mass is 346 g/mol. The minimum Gasteiger partial charge on any atom is -0.389 e. The van der Waals surface area contributed by atoms with E-state index in [1.165, 1.54) is 5.56 Å². The van der Waals surface area contributed by atoms with Crippen molar-refractivity contribution in [1.82, 2.24) is 14.9 Å². The molecule has 0 bridgehead atoms. The smallest absolute Gasteiger partial charge is 0.225 e. The van der Waals surface area contributed by atoms with Gasteiger partial charge in [0.2, 0.25) is 5.91 Å². The predicted octanol–water partition coefficient (Wildman–Crippen LogP) is 0.546. The van der Waals surface area contributed by atoms with Crippen molar-refractivity contribution in [2.45, 2.75) is 44.1 Å². The van der Waals surface area contributed by atoms with Gasteiger partial charge in [-0.25, -0.2) is 9.97 Å². The Balaban J connectivity index is 1.47. The van der Waals surface area contributed by atoms with Crippen LogP contribution in [0.2, 0.25) is 0 Å². The highest BCUT2D eigenvalue weighted by Crippen LogP contribution is 2.35. The van der Waals surface area contributed by atoms with Crippen LogP contribution >= 0.6 is 0 Å². The summed E-state index contributed by atoms with van der Waals surface area (Å²) in [6, 6.07) is 0. The Morgan fingerprint density at radius 3 is 2.64 bits per heavy atom. The van der Waals surface area contributed by atoms with Gasteiger partial charge in [-0.05, 0) is 25.7 Å². The van der Waals surface area contributed by atoms with Crippen molar-refractivity contribution >= 4 is 11.7 Å². The van der Waals surface area contributed by atoms with E-state index < -0.39 is 5.60 Å². The summed E-state index contributed by atoms with van der Waals surface area (Å²) in [7, 11) is 0. The molecule has 0 atom stereocenters. The number of amides is 1. The topological polar surface area (TPSA) is 78.8 Å². The van der Waals surface area contributed by atoms with E-state index in [2.05, 4.69) is 14.9 Å². The molecule has 1 N–H and O–H groups in total. The number of carbonyl (C=O) groups excluding carboxylic acids is 1. The van der Waals surface area contributed by atoms with Crippen LogP contribution in [0.15, 0.2) is 6.33 Å². The fourth-order valence-corrected chi connectivity index (χ4v) is 3.96. The quantitative estimate of drug-likeness (QED) is 0.861. The molecule has 2 aliphatic heterocycles. The number of aliphatic hydroxyl groups is 1. The van der Waals surface area contributed by atoms with Crippen molar-refractivity contribution in [3.05, 3.63) is 17.6 Å². The number of anilines is 1. The number of rotatable bonds is 3. The van der Waals surface area contributed by atoms with Gasteiger partial charge in [-0.15, -0.1) is 0 Å². The van der Waals surface area contributed by atoms with Gasteiger partial charge in [0.15, 0.2) is 0 Å². The van der Waals surface area contributed by atoms with Gasteiger partial charge in [0.1, 0.15) is 12.1 Å². The largest absolute Gasteiger partial charge is 0.389 e. The molecule has 0 unspecified atom stereocenters. The summed E-state index contributed by atoms with van der Waals surface area (Å²) in [5, 5.41) is 10.3. The van der Waals surface area contributed by atoms with Crippen molar-refractivity contribution in [2.24, 2.45) is 0 Å². The van der Waals surface area contributed by atoms with Crippen molar-refractivity contribution in [1.29, 1.82) is 0 Å². The molecule has 0 radical (unpaired) electrons. The molecule has 0 aromatic carbocycles. The lowest BCUT2D eigenvalue weighted by Crippen LogP contribution is -2.44. The van der Waals surface area contributed by atoms with Gasteiger partial charge in [0, 0.05) is 38.2 Å². The third kappa shape index (κ3) is 3.48. The molecule has 1 aliphatic carbocycles. The van der Waals surface area contributed by atoms with Crippen LogP contribution in [-0.4, -0.2) is 70.9 Å². The standard InChI is InChI=1S/C18H26N4O3/c23-16(12-18(24)4-1-5-18)21-6-2-14-15(3-7-21)19-13-20-17(14)22-8-10-25-11-9-22/h13,24H,1-12H2. The fourth-order valence-electron chi connectivity index (χ4n) is 3.96. The maximum absolute atomic E-state index is 12.6. The molecule has 1 aromatic heterocycles. The van der Waals surface area contributed by atoms with Gasteiger partial charge in [0.25, 0.3) is 0 Å². The Hall–Kier alpha value is -1.73. The van der Waals surface area contributed by atoms with E-state index in [1.807, 2.05) is 4.90 Å². The summed E-state index contributed by atoms with van der Waals surface area (Å²) in [6.07, 6.45) is 5.93. The Kier molecular flexibility index (Phi) is 4.60.